The van der Waals surface area contributed by atoms with Gasteiger partial charge in [-0.15, -0.1) is 16.8 Å². The third-order valence-electron chi connectivity index (χ3n) is 5.30. The van der Waals surface area contributed by atoms with Gasteiger partial charge >= 0.3 is 0 Å². The van der Waals surface area contributed by atoms with Crippen molar-refractivity contribution in [3.05, 3.63) is 72.6 Å². The number of amides is 1. The topological polar surface area (TPSA) is 72.7 Å². The van der Waals surface area contributed by atoms with Crippen LogP contribution in [-0.2, 0) is 17.8 Å². The van der Waals surface area contributed by atoms with E-state index in [1.54, 1.807) is 12.4 Å². The Morgan fingerprint density at radius 3 is 2.90 bits per heavy atom. The van der Waals surface area contributed by atoms with Crippen LogP contribution in [0.3, 0.4) is 0 Å². The normalized spacial score (nSPS) is 16.5. The fourth-order valence-corrected chi connectivity index (χ4v) is 4.66. The van der Waals surface area contributed by atoms with Crippen LogP contribution in [0.1, 0.15) is 36.9 Å². The van der Waals surface area contributed by atoms with Crippen molar-refractivity contribution in [2.24, 2.45) is 0 Å². The van der Waals surface area contributed by atoms with Gasteiger partial charge in [0.1, 0.15) is 0 Å². The van der Waals surface area contributed by atoms with Crippen LogP contribution in [-0.4, -0.2) is 30.9 Å². The smallest absolute Gasteiger partial charge is 0.233 e. The molecule has 0 saturated heterocycles. The molecule has 154 valence electrons. The predicted octanol–water partition coefficient (Wildman–Crippen LogP) is 4.20. The highest BCUT2D eigenvalue weighted by Gasteiger charge is 2.25. The largest absolute Gasteiger partial charge is 0.348 e. The first kappa shape index (κ1) is 20.3. The molecule has 2 aromatic heterocycles. The van der Waals surface area contributed by atoms with E-state index in [4.69, 9.17) is 0 Å². The lowest BCUT2D eigenvalue weighted by molar-refractivity contribution is -0.121. The zero-order valence-electron chi connectivity index (χ0n) is 17.0. The summed E-state index contributed by atoms with van der Waals surface area (Å²) in [5.41, 5.74) is 3.51. The summed E-state index contributed by atoms with van der Waals surface area (Å²) < 4.78 is 1.98. The van der Waals surface area contributed by atoms with Gasteiger partial charge in [-0.2, -0.15) is 0 Å². The quantitative estimate of drug-likeness (QED) is 0.459. The Morgan fingerprint density at radius 1 is 1.30 bits per heavy atom. The minimum atomic E-state index is -0.294. The maximum atomic E-state index is 13.0. The molecule has 0 saturated carbocycles. The number of nitrogens with zero attached hydrogens (tertiary/aromatic N) is 4. The van der Waals surface area contributed by atoms with Crippen molar-refractivity contribution in [2.45, 2.75) is 49.2 Å². The molecule has 2 atom stereocenters. The zero-order chi connectivity index (χ0) is 20.9. The minimum Gasteiger partial charge on any atom is -0.348 e. The van der Waals surface area contributed by atoms with E-state index in [-0.39, 0.29) is 17.2 Å². The number of nitrogens with one attached hydrogen (secondary N) is 1. The van der Waals surface area contributed by atoms with Gasteiger partial charge in [0.05, 0.1) is 11.3 Å². The van der Waals surface area contributed by atoms with Gasteiger partial charge in [-0.3, -0.25) is 14.3 Å². The summed E-state index contributed by atoms with van der Waals surface area (Å²) in [7, 11) is 0. The van der Waals surface area contributed by atoms with Gasteiger partial charge in [-0.1, -0.05) is 42.1 Å². The van der Waals surface area contributed by atoms with E-state index in [0.717, 1.165) is 30.7 Å². The highest BCUT2D eigenvalue weighted by Crippen LogP contribution is 2.31. The van der Waals surface area contributed by atoms with Crippen molar-refractivity contribution in [1.82, 2.24) is 25.1 Å². The SMILES string of the molecule is C=CCn1c(S[C@@H](C)C(=O)N[C@@H]2CCCc3ccccc32)nnc1-c1ccncc1. The van der Waals surface area contributed by atoms with Crippen molar-refractivity contribution < 1.29 is 4.79 Å². The second kappa shape index (κ2) is 9.26. The Hall–Kier alpha value is -2.93. The van der Waals surface area contributed by atoms with E-state index >= 15 is 0 Å². The number of carbonyl (C=O) groups excluding carboxylic acids is 1. The number of rotatable bonds is 7. The lowest BCUT2D eigenvalue weighted by atomic mass is 9.88. The summed E-state index contributed by atoms with van der Waals surface area (Å²) in [6, 6.07) is 12.3. The molecule has 0 aliphatic heterocycles. The molecule has 1 aromatic carbocycles. The van der Waals surface area contributed by atoms with E-state index in [2.05, 4.69) is 45.3 Å². The van der Waals surface area contributed by atoms with Crippen LogP contribution in [0, 0.1) is 0 Å². The number of fused-ring (bicyclic) bond motifs is 1. The number of hydrogen-bond acceptors (Lipinski definition) is 5. The summed E-state index contributed by atoms with van der Waals surface area (Å²) in [6.07, 6.45) is 8.41. The van der Waals surface area contributed by atoms with Gasteiger partial charge in [-0.25, -0.2) is 0 Å². The number of aryl methyl sites for hydroxylation is 1. The van der Waals surface area contributed by atoms with E-state index in [1.165, 1.54) is 22.9 Å². The van der Waals surface area contributed by atoms with Crippen molar-refractivity contribution >= 4 is 17.7 Å². The molecule has 2 heterocycles. The summed E-state index contributed by atoms with van der Waals surface area (Å²) in [5.74, 6) is 0.758. The summed E-state index contributed by atoms with van der Waals surface area (Å²) in [5, 5.41) is 12.3. The molecule has 0 spiro atoms. The van der Waals surface area contributed by atoms with E-state index < -0.39 is 0 Å². The lowest BCUT2D eigenvalue weighted by Gasteiger charge is -2.27. The van der Waals surface area contributed by atoms with Crippen LogP contribution in [0.15, 0.2) is 66.6 Å². The van der Waals surface area contributed by atoms with Crippen LogP contribution in [0.25, 0.3) is 11.4 Å². The van der Waals surface area contributed by atoms with Crippen LogP contribution in [0.5, 0.6) is 0 Å². The fraction of sp³-hybridized carbons (Fsp3) is 0.304. The Balaban J connectivity index is 1.49. The molecule has 7 heteroatoms. The molecule has 0 radical (unpaired) electrons. The maximum Gasteiger partial charge on any atom is 0.233 e. The first-order valence-corrected chi connectivity index (χ1v) is 11.0. The van der Waals surface area contributed by atoms with Crippen LogP contribution >= 0.6 is 11.8 Å². The van der Waals surface area contributed by atoms with Gasteiger partial charge < -0.3 is 5.32 Å². The van der Waals surface area contributed by atoms with Crippen molar-refractivity contribution in [3.8, 4) is 11.4 Å². The van der Waals surface area contributed by atoms with Gasteiger partial charge in [0.2, 0.25) is 5.91 Å². The average molecular weight is 420 g/mol. The summed E-state index contributed by atoms with van der Waals surface area (Å²) in [6.45, 7) is 6.32. The van der Waals surface area contributed by atoms with Gasteiger partial charge in [-0.05, 0) is 49.4 Å². The highest BCUT2D eigenvalue weighted by molar-refractivity contribution is 8.00. The number of thioether (sulfide) groups is 1. The van der Waals surface area contributed by atoms with Gasteiger partial charge in [0.15, 0.2) is 11.0 Å². The number of pyridine rings is 1. The monoisotopic (exact) mass is 419 g/mol. The maximum absolute atomic E-state index is 13.0. The molecule has 3 aromatic rings. The van der Waals surface area contributed by atoms with Gasteiger partial charge in [0, 0.05) is 24.5 Å². The van der Waals surface area contributed by atoms with Crippen LogP contribution in [0.4, 0.5) is 0 Å². The average Bonchev–Trinajstić information content (AvgIpc) is 3.17. The molecule has 4 rings (SSSR count). The molecule has 0 bridgehead atoms. The third kappa shape index (κ3) is 4.31. The molecule has 1 aliphatic carbocycles. The Kier molecular flexibility index (Phi) is 6.28. The van der Waals surface area contributed by atoms with Crippen molar-refractivity contribution in [2.75, 3.05) is 0 Å². The molecule has 1 aliphatic rings. The lowest BCUT2D eigenvalue weighted by Crippen LogP contribution is -2.36. The summed E-state index contributed by atoms with van der Waals surface area (Å²) >= 11 is 1.42. The number of allylic oxidation sites excluding steroid dienone is 1. The third-order valence-corrected chi connectivity index (χ3v) is 6.38. The number of benzene rings is 1. The van der Waals surface area contributed by atoms with E-state index in [9.17, 15) is 4.79 Å². The van der Waals surface area contributed by atoms with Gasteiger partial charge in [0.25, 0.3) is 0 Å². The molecular weight excluding hydrogens is 394 g/mol. The molecule has 6 nitrogen and oxygen atoms in total. The molecule has 0 fully saturated rings. The highest BCUT2D eigenvalue weighted by atomic mass is 32.2. The molecular formula is C23H25N5OS. The van der Waals surface area contributed by atoms with Crippen LogP contribution < -0.4 is 5.32 Å². The second-order valence-corrected chi connectivity index (χ2v) is 8.66. The Labute approximate surface area is 180 Å². The van der Waals surface area contributed by atoms with Crippen LogP contribution in [0.2, 0.25) is 0 Å². The Bertz CT molecular complexity index is 1030. The second-order valence-electron chi connectivity index (χ2n) is 7.35. The fourth-order valence-electron chi connectivity index (χ4n) is 3.79. The first-order valence-electron chi connectivity index (χ1n) is 10.2. The van der Waals surface area contributed by atoms with Crippen molar-refractivity contribution in [3.63, 3.8) is 0 Å². The molecule has 0 unspecified atom stereocenters. The van der Waals surface area contributed by atoms with E-state index in [1.807, 2.05) is 35.8 Å². The Morgan fingerprint density at radius 2 is 2.10 bits per heavy atom. The first-order chi connectivity index (χ1) is 14.7. The number of carbonyl (C=O) groups is 1. The number of aromatic nitrogens is 4. The zero-order valence-corrected chi connectivity index (χ0v) is 17.8. The predicted molar refractivity (Wildman–Crippen MR) is 119 cm³/mol. The van der Waals surface area contributed by atoms with E-state index in [0.29, 0.717) is 11.7 Å². The minimum absolute atomic E-state index is 0.0142. The molecule has 30 heavy (non-hydrogen) atoms. The molecule has 1 amide bonds. The summed E-state index contributed by atoms with van der Waals surface area (Å²) in [4.78, 5) is 17.0. The standard InChI is InChI=1S/C23H25N5OS/c1-3-15-28-21(18-11-13-24-14-12-18)26-27-23(28)30-16(2)22(29)25-20-10-6-8-17-7-4-5-9-19(17)20/h3-5,7,9,11-14,16,20H,1,6,8,10,15H2,2H3,(H,25,29)/t16-,20+/m0/s1. The molecule has 1 N–H and O–H groups in total. The number of hydrogen-bond donors (Lipinski definition) is 1. The van der Waals surface area contributed by atoms with Crippen molar-refractivity contribution in [1.29, 1.82) is 0 Å².